The zero-order chi connectivity index (χ0) is 24.8. The number of hydrogen-bond acceptors (Lipinski definition) is 9. The first kappa shape index (κ1) is 24.5. The number of halogens is 2. The highest BCUT2D eigenvalue weighted by atomic mass is 19.3. The van der Waals surface area contributed by atoms with Gasteiger partial charge in [-0.2, -0.15) is 0 Å². The van der Waals surface area contributed by atoms with E-state index < -0.39 is 24.9 Å². The number of rotatable bonds is 11. The maximum absolute atomic E-state index is 12.8. The highest BCUT2D eigenvalue weighted by molar-refractivity contribution is 5.92. The molecular weight excluding hydrogens is 462 g/mol. The van der Waals surface area contributed by atoms with Gasteiger partial charge in [0.15, 0.2) is 5.82 Å². The number of aromatic nitrogens is 4. The number of likely N-dealkylation sites (tertiary alicyclic amines) is 1. The molecular formula is C21H28F2N10O2. The topological polar surface area (TPSA) is 124 Å². The van der Waals surface area contributed by atoms with E-state index in [0.29, 0.717) is 25.3 Å². The Morgan fingerprint density at radius 2 is 2.00 bits per heavy atom. The molecule has 4 heterocycles. The van der Waals surface area contributed by atoms with Gasteiger partial charge in [0.2, 0.25) is 5.91 Å². The van der Waals surface area contributed by atoms with Gasteiger partial charge >= 0.3 is 0 Å². The number of anilines is 1. The van der Waals surface area contributed by atoms with Crippen molar-refractivity contribution in [3.63, 3.8) is 0 Å². The van der Waals surface area contributed by atoms with Gasteiger partial charge in [-0.1, -0.05) is 11.3 Å². The number of unbranched alkanes of at least 4 members (excludes halogenated alkanes) is 1. The highest BCUT2D eigenvalue weighted by Gasteiger charge is 2.44. The van der Waals surface area contributed by atoms with Crippen LogP contribution in [0.4, 0.5) is 14.6 Å². The fourth-order valence-corrected chi connectivity index (χ4v) is 3.73. The van der Waals surface area contributed by atoms with Crippen molar-refractivity contribution < 1.29 is 18.4 Å². The van der Waals surface area contributed by atoms with E-state index >= 15 is 0 Å². The standard InChI is InChI=1S/C21H28F2N10O2/c1-30-17(20(35)25-10-16-6-2-3-7-24-16)11-33(29-30)9-5-4-8-32-12-18(27-28-32)26-19(34)13-31-14-21(22,23)15-31/h2-3,6-7,11-12,29H,4-5,8-10,13-15H2,1H3,(H,25,35)(H,26,34). The quantitative estimate of drug-likeness (QED) is 0.378. The molecule has 188 valence electrons. The van der Waals surface area contributed by atoms with E-state index in [9.17, 15) is 18.4 Å². The molecule has 2 aromatic heterocycles. The summed E-state index contributed by atoms with van der Waals surface area (Å²) in [6.07, 6.45) is 6.64. The number of hydrogen-bond donors (Lipinski definition) is 3. The van der Waals surface area contributed by atoms with E-state index in [-0.39, 0.29) is 18.3 Å². The predicted molar refractivity (Wildman–Crippen MR) is 121 cm³/mol. The minimum absolute atomic E-state index is 0.101. The fraction of sp³-hybridized carbons (Fsp3) is 0.476. The molecule has 3 N–H and O–H groups in total. The van der Waals surface area contributed by atoms with Gasteiger partial charge < -0.3 is 10.6 Å². The average molecular weight is 491 g/mol. The van der Waals surface area contributed by atoms with E-state index in [4.69, 9.17) is 0 Å². The zero-order valence-electron chi connectivity index (χ0n) is 19.3. The van der Waals surface area contributed by atoms with Crippen LogP contribution in [0.2, 0.25) is 0 Å². The molecule has 0 aliphatic carbocycles. The number of aryl methyl sites for hydroxylation is 1. The van der Waals surface area contributed by atoms with Crippen molar-refractivity contribution in [3.05, 3.63) is 48.2 Å². The third-order valence-electron chi connectivity index (χ3n) is 5.43. The number of carbonyl (C=O) groups is 2. The lowest BCUT2D eigenvalue weighted by Crippen LogP contribution is -2.57. The van der Waals surface area contributed by atoms with Crippen LogP contribution in [0.5, 0.6) is 0 Å². The summed E-state index contributed by atoms with van der Waals surface area (Å²) in [6.45, 7) is 0.699. The number of nitrogens with zero attached hydrogens (tertiary/aromatic N) is 7. The van der Waals surface area contributed by atoms with Gasteiger partial charge in [0.1, 0.15) is 5.70 Å². The monoisotopic (exact) mass is 490 g/mol. The predicted octanol–water partition coefficient (Wildman–Crippen LogP) is 0.168. The number of alkyl halides is 2. The molecule has 1 saturated heterocycles. The summed E-state index contributed by atoms with van der Waals surface area (Å²) in [5, 5.41) is 16.8. The van der Waals surface area contributed by atoms with E-state index in [1.807, 2.05) is 23.2 Å². The minimum Gasteiger partial charge on any atom is -0.345 e. The lowest BCUT2D eigenvalue weighted by Gasteiger charge is -2.37. The fourth-order valence-electron chi connectivity index (χ4n) is 3.73. The Morgan fingerprint density at radius 3 is 2.74 bits per heavy atom. The van der Waals surface area contributed by atoms with Crippen LogP contribution in [-0.2, 0) is 22.7 Å². The Bertz CT molecular complexity index is 1050. The van der Waals surface area contributed by atoms with Crippen LogP contribution in [-0.4, -0.2) is 85.9 Å². The summed E-state index contributed by atoms with van der Waals surface area (Å²) in [6, 6.07) is 5.54. The van der Waals surface area contributed by atoms with Crippen molar-refractivity contribution in [3.8, 4) is 0 Å². The first-order chi connectivity index (χ1) is 16.8. The second kappa shape index (κ2) is 10.7. The number of likely N-dealkylation sites (N-methyl/N-ethyl adjacent to an activating group) is 1. The van der Waals surface area contributed by atoms with Crippen molar-refractivity contribution in [2.75, 3.05) is 38.5 Å². The lowest BCUT2D eigenvalue weighted by atomic mass is 10.1. The summed E-state index contributed by atoms with van der Waals surface area (Å²) in [5.41, 5.74) is 4.38. The van der Waals surface area contributed by atoms with Crippen LogP contribution in [0.15, 0.2) is 42.5 Å². The van der Waals surface area contributed by atoms with Gasteiger partial charge in [-0.3, -0.25) is 34.2 Å². The van der Waals surface area contributed by atoms with Gasteiger partial charge in [-0.25, -0.2) is 8.78 Å². The van der Waals surface area contributed by atoms with Crippen molar-refractivity contribution in [1.29, 1.82) is 0 Å². The molecule has 2 aliphatic heterocycles. The summed E-state index contributed by atoms with van der Waals surface area (Å²) >= 11 is 0. The smallest absolute Gasteiger partial charge is 0.272 e. The van der Waals surface area contributed by atoms with E-state index in [1.165, 1.54) is 4.90 Å². The van der Waals surface area contributed by atoms with Crippen molar-refractivity contribution in [1.82, 2.24) is 45.7 Å². The van der Waals surface area contributed by atoms with Crippen LogP contribution < -0.4 is 16.2 Å². The van der Waals surface area contributed by atoms with Crippen LogP contribution >= 0.6 is 0 Å². The highest BCUT2D eigenvalue weighted by Crippen LogP contribution is 2.25. The number of carbonyl (C=O) groups excluding carboxylic acids is 2. The molecule has 0 unspecified atom stereocenters. The summed E-state index contributed by atoms with van der Waals surface area (Å²) in [7, 11) is 1.77. The second-order valence-corrected chi connectivity index (χ2v) is 8.49. The van der Waals surface area contributed by atoms with Crippen LogP contribution in [0.3, 0.4) is 0 Å². The molecule has 2 amide bonds. The van der Waals surface area contributed by atoms with Crippen molar-refractivity contribution in [2.24, 2.45) is 0 Å². The number of nitrogens with one attached hydrogen (secondary N) is 3. The van der Waals surface area contributed by atoms with Gasteiger partial charge in [-0.15, -0.1) is 10.6 Å². The molecule has 0 atom stereocenters. The molecule has 14 heteroatoms. The van der Waals surface area contributed by atoms with E-state index in [1.54, 1.807) is 35.3 Å². The maximum atomic E-state index is 12.8. The van der Waals surface area contributed by atoms with E-state index in [2.05, 4.69) is 31.5 Å². The Hall–Kier alpha value is -3.65. The summed E-state index contributed by atoms with van der Waals surface area (Å²) in [4.78, 5) is 30.0. The zero-order valence-corrected chi connectivity index (χ0v) is 19.3. The van der Waals surface area contributed by atoms with Gasteiger partial charge in [0.25, 0.3) is 11.8 Å². The van der Waals surface area contributed by atoms with Gasteiger partial charge in [0, 0.05) is 32.5 Å². The number of pyridine rings is 1. The third-order valence-corrected chi connectivity index (χ3v) is 5.43. The van der Waals surface area contributed by atoms with Gasteiger partial charge in [0.05, 0.1) is 38.1 Å². The molecule has 35 heavy (non-hydrogen) atoms. The van der Waals surface area contributed by atoms with Crippen molar-refractivity contribution in [2.45, 2.75) is 31.9 Å². The molecule has 1 fully saturated rings. The average Bonchev–Trinajstić information content (AvgIpc) is 3.40. The first-order valence-corrected chi connectivity index (χ1v) is 11.2. The number of hydrazine groups is 2. The Balaban J connectivity index is 1.13. The van der Waals surface area contributed by atoms with Crippen LogP contribution in [0.25, 0.3) is 0 Å². The molecule has 0 spiro atoms. The van der Waals surface area contributed by atoms with Crippen LogP contribution in [0, 0.1) is 0 Å². The summed E-state index contributed by atoms with van der Waals surface area (Å²) < 4.78 is 27.3. The molecule has 0 aromatic carbocycles. The van der Waals surface area contributed by atoms with Gasteiger partial charge in [-0.05, 0) is 25.0 Å². The number of amides is 2. The minimum atomic E-state index is -2.70. The Morgan fingerprint density at radius 1 is 1.20 bits per heavy atom. The normalized spacial score (nSPS) is 17.2. The Labute approximate surface area is 200 Å². The second-order valence-electron chi connectivity index (χ2n) is 8.49. The van der Waals surface area contributed by atoms with Crippen molar-refractivity contribution >= 4 is 17.6 Å². The summed E-state index contributed by atoms with van der Waals surface area (Å²) in [5.74, 6) is -3.01. The molecule has 0 radical (unpaired) electrons. The molecule has 2 aliphatic rings. The largest absolute Gasteiger partial charge is 0.345 e. The SMILES string of the molecule is CN1NN(CCCCn2cc(NC(=O)CN3CC(F)(F)C3)nn2)C=C1C(=O)NCc1ccccn1. The molecule has 0 bridgehead atoms. The first-order valence-electron chi connectivity index (χ1n) is 11.2. The Kier molecular flexibility index (Phi) is 7.51. The van der Waals surface area contributed by atoms with E-state index in [0.717, 1.165) is 18.5 Å². The molecule has 0 saturated carbocycles. The maximum Gasteiger partial charge on any atom is 0.272 e. The molecule has 4 rings (SSSR count). The van der Waals surface area contributed by atoms with Crippen LogP contribution in [0.1, 0.15) is 18.5 Å². The third kappa shape index (κ3) is 6.93. The molecule has 2 aromatic rings. The lowest BCUT2D eigenvalue weighted by molar-refractivity contribution is -0.141. The molecule has 12 nitrogen and oxygen atoms in total.